The second-order valence-electron chi connectivity index (χ2n) is 4.43. The van der Waals surface area contributed by atoms with Crippen molar-refractivity contribution in [3.05, 3.63) is 0 Å². The maximum Gasteiger partial charge on any atom is 0.246 e. The summed E-state index contributed by atoms with van der Waals surface area (Å²) in [5, 5.41) is 12.5. The molecule has 4 heteroatoms. The van der Waals surface area contributed by atoms with Crippen molar-refractivity contribution in [1.29, 1.82) is 0 Å². The standard InChI is InChI=1S/C12H23NO3/c1-2-3-8-16-9-12(15)13-10-6-4-5-7-11(10)14/h10-11,14H,2-9H2,1H3,(H,13,15). The van der Waals surface area contributed by atoms with Gasteiger partial charge in [0.25, 0.3) is 0 Å². The van der Waals surface area contributed by atoms with Crippen molar-refractivity contribution >= 4 is 5.91 Å². The number of ether oxygens (including phenoxy) is 1. The summed E-state index contributed by atoms with van der Waals surface area (Å²) in [6.07, 6.45) is 5.48. The third-order valence-corrected chi connectivity index (χ3v) is 2.95. The van der Waals surface area contributed by atoms with Gasteiger partial charge in [-0.1, -0.05) is 26.2 Å². The number of rotatable bonds is 6. The number of carbonyl (C=O) groups is 1. The van der Waals surface area contributed by atoms with Crippen molar-refractivity contribution in [2.75, 3.05) is 13.2 Å². The van der Waals surface area contributed by atoms with E-state index in [4.69, 9.17) is 4.74 Å². The molecule has 1 aliphatic rings. The summed E-state index contributed by atoms with van der Waals surface area (Å²) in [5.74, 6) is -0.109. The molecule has 94 valence electrons. The van der Waals surface area contributed by atoms with Gasteiger partial charge in [0.05, 0.1) is 12.1 Å². The van der Waals surface area contributed by atoms with E-state index in [1.165, 1.54) is 0 Å². The molecule has 0 radical (unpaired) electrons. The Morgan fingerprint density at radius 3 is 2.88 bits per heavy atom. The van der Waals surface area contributed by atoms with Gasteiger partial charge in [0, 0.05) is 6.61 Å². The molecular formula is C12H23NO3. The lowest BCUT2D eigenvalue weighted by Gasteiger charge is -2.28. The van der Waals surface area contributed by atoms with Crippen LogP contribution < -0.4 is 5.32 Å². The van der Waals surface area contributed by atoms with Crippen molar-refractivity contribution in [2.24, 2.45) is 0 Å². The van der Waals surface area contributed by atoms with Crippen LogP contribution in [-0.2, 0) is 9.53 Å². The summed E-state index contributed by atoms with van der Waals surface area (Å²) >= 11 is 0. The Morgan fingerprint density at radius 1 is 1.44 bits per heavy atom. The Bertz CT molecular complexity index is 208. The number of unbranched alkanes of at least 4 members (excludes halogenated alkanes) is 1. The van der Waals surface area contributed by atoms with E-state index in [0.717, 1.165) is 38.5 Å². The lowest BCUT2D eigenvalue weighted by molar-refractivity contribution is -0.127. The van der Waals surface area contributed by atoms with E-state index >= 15 is 0 Å². The van der Waals surface area contributed by atoms with Crippen LogP contribution in [0.4, 0.5) is 0 Å². The van der Waals surface area contributed by atoms with E-state index in [2.05, 4.69) is 12.2 Å². The molecule has 1 aliphatic carbocycles. The molecule has 1 amide bonds. The van der Waals surface area contributed by atoms with E-state index in [0.29, 0.717) is 6.61 Å². The van der Waals surface area contributed by atoms with Crippen molar-refractivity contribution in [2.45, 2.75) is 57.6 Å². The Labute approximate surface area is 97.4 Å². The zero-order chi connectivity index (χ0) is 11.8. The SMILES string of the molecule is CCCCOCC(=O)NC1CCCCC1O. The molecule has 0 bridgehead atoms. The average Bonchev–Trinajstić information content (AvgIpc) is 2.28. The van der Waals surface area contributed by atoms with Crippen LogP contribution in [-0.4, -0.2) is 36.4 Å². The van der Waals surface area contributed by atoms with E-state index in [1.807, 2.05) is 0 Å². The van der Waals surface area contributed by atoms with Gasteiger partial charge in [-0.2, -0.15) is 0 Å². The molecule has 1 saturated carbocycles. The summed E-state index contributed by atoms with van der Waals surface area (Å²) in [6.45, 7) is 2.84. The number of aliphatic hydroxyl groups is 1. The number of aliphatic hydroxyl groups excluding tert-OH is 1. The minimum absolute atomic E-state index is 0.0731. The van der Waals surface area contributed by atoms with E-state index in [9.17, 15) is 9.90 Å². The fourth-order valence-corrected chi connectivity index (χ4v) is 1.94. The predicted octanol–water partition coefficient (Wildman–Crippen LogP) is 1.22. The molecule has 2 N–H and O–H groups in total. The second-order valence-corrected chi connectivity index (χ2v) is 4.43. The van der Waals surface area contributed by atoms with Crippen molar-refractivity contribution in [3.63, 3.8) is 0 Å². The maximum absolute atomic E-state index is 11.5. The fraction of sp³-hybridized carbons (Fsp3) is 0.917. The number of carbonyl (C=O) groups excluding carboxylic acids is 1. The quantitative estimate of drug-likeness (QED) is 0.673. The zero-order valence-electron chi connectivity index (χ0n) is 10.1. The van der Waals surface area contributed by atoms with Crippen LogP contribution in [0.15, 0.2) is 0 Å². The number of amides is 1. The average molecular weight is 229 g/mol. The maximum atomic E-state index is 11.5. The van der Waals surface area contributed by atoms with Gasteiger partial charge < -0.3 is 15.2 Å². The topological polar surface area (TPSA) is 58.6 Å². The van der Waals surface area contributed by atoms with Gasteiger partial charge in [-0.25, -0.2) is 0 Å². The molecule has 0 saturated heterocycles. The molecule has 1 rings (SSSR count). The molecule has 0 aromatic carbocycles. The molecule has 0 aliphatic heterocycles. The Kier molecular flexibility index (Phi) is 6.42. The van der Waals surface area contributed by atoms with Crippen molar-refractivity contribution < 1.29 is 14.6 Å². The Morgan fingerprint density at radius 2 is 2.19 bits per heavy atom. The minimum atomic E-state index is -0.381. The molecule has 0 heterocycles. The lowest BCUT2D eigenvalue weighted by atomic mass is 9.92. The van der Waals surface area contributed by atoms with Crippen LogP contribution in [0, 0.1) is 0 Å². The van der Waals surface area contributed by atoms with Crippen LogP contribution in [0.2, 0.25) is 0 Å². The smallest absolute Gasteiger partial charge is 0.246 e. The van der Waals surface area contributed by atoms with E-state index < -0.39 is 0 Å². The monoisotopic (exact) mass is 229 g/mol. The molecule has 0 aromatic heterocycles. The molecule has 4 nitrogen and oxygen atoms in total. The van der Waals surface area contributed by atoms with Crippen LogP contribution in [0.5, 0.6) is 0 Å². The summed E-state index contributed by atoms with van der Waals surface area (Å²) in [6, 6.07) is -0.0731. The largest absolute Gasteiger partial charge is 0.391 e. The molecule has 0 spiro atoms. The Hall–Kier alpha value is -0.610. The van der Waals surface area contributed by atoms with Crippen molar-refractivity contribution in [3.8, 4) is 0 Å². The summed E-state index contributed by atoms with van der Waals surface area (Å²) in [7, 11) is 0. The van der Waals surface area contributed by atoms with Gasteiger partial charge in [0.1, 0.15) is 6.61 Å². The molecule has 16 heavy (non-hydrogen) atoms. The molecule has 2 unspecified atom stereocenters. The summed E-state index contributed by atoms with van der Waals surface area (Å²) < 4.78 is 5.22. The van der Waals surface area contributed by atoms with E-state index in [-0.39, 0.29) is 24.7 Å². The number of nitrogens with one attached hydrogen (secondary N) is 1. The molecular weight excluding hydrogens is 206 g/mol. The van der Waals surface area contributed by atoms with Crippen LogP contribution in [0.3, 0.4) is 0 Å². The number of hydrogen-bond acceptors (Lipinski definition) is 3. The first-order valence-corrected chi connectivity index (χ1v) is 6.29. The highest BCUT2D eigenvalue weighted by Gasteiger charge is 2.24. The zero-order valence-corrected chi connectivity index (χ0v) is 10.1. The first-order chi connectivity index (χ1) is 7.74. The first-order valence-electron chi connectivity index (χ1n) is 6.29. The fourth-order valence-electron chi connectivity index (χ4n) is 1.94. The molecule has 0 aromatic rings. The van der Waals surface area contributed by atoms with Gasteiger partial charge in [-0.05, 0) is 19.3 Å². The molecule has 1 fully saturated rings. The van der Waals surface area contributed by atoms with E-state index in [1.54, 1.807) is 0 Å². The third kappa shape index (κ3) is 4.94. The third-order valence-electron chi connectivity index (χ3n) is 2.95. The van der Waals surface area contributed by atoms with Crippen molar-refractivity contribution in [1.82, 2.24) is 5.32 Å². The number of hydrogen-bond donors (Lipinski definition) is 2. The van der Waals surface area contributed by atoms with Gasteiger partial charge in [-0.3, -0.25) is 4.79 Å². The summed E-state index contributed by atoms with van der Waals surface area (Å²) in [5.41, 5.74) is 0. The van der Waals surface area contributed by atoms with Gasteiger partial charge >= 0.3 is 0 Å². The normalized spacial score (nSPS) is 25.4. The van der Waals surface area contributed by atoms with Gasteiger partial charge in [0.2, 0.25) is 5.91 Å². The van der Waals surface area contributed by atoms with Crippen LogP contribution in [0.1, 0.15) is 45.4 Å². The first kappa shape index (κ1) is 13.5. The Balaban J connectivity index is 2.12. The highest BCUT2D eigenvalue weighted by molar-refractivity contribution is 5.77. The summed E-state index contributed by atoms with van der Waals surface area (Å²) in [4.78, 5) is 11.5. The molecule has 2 atom stereocenters. The highest BCUT2D eigenvalue weighted by atomic mass is 16.5. The second kappa shape index (κ2) is 7.63. The van der Waals surface area contributed by atoms with Gasteiger partial charge in [-0.15, -0.1) is 0 Å². The van der Waals surface area contributed by atoms with Crippen LogP contribution in [0.25, 0.3) is 0 Å². The van der Waals surface area contributed by atoms with Crippen LogP contribution >= 0.6 is 0 Å². The predicted molar refractivity (Wildman–Crippen MR) is 62.1 cm³/mol. The lowest BCUT2D eigenvalue weighted by Crippen LogP contribution is -2.46. The van der Waals surface area contributed by atoms with Gasteiger partial charge in [0.15, 0.2) is 0 Å². The highest BCUT2D eigenvalue weighted by Crippen LogP contribution is 2.18. The minimum Gasteiger partial charge on any atom is -0.391 e.